The van der Waals surface area contributed by atoms with E-state index in [4.69, 9.17) is 18.6 Å². The van der Waals surface area contributed by atoms with Crippen molar-refractivity contribution in [1.82, 2.24) is 0 Å². The van der Waals surface area contributed by atoms with E-state index in [9.17, 15) is 20.1 Å². The summed E-state index contributed by atoms with van der Waals surface area (Å²) in [4.78, 5) is 12.6. The highest BCUT2D eigenvalue weighted by molar-refractivity contribution is 5.93. The first-order valence-electron chi connectivity index (χ1n) is 7.44. The first-order chi connectivity index (χ1) is 12.4. The van der Waals surface area contributed by atoms with Crippen LogP contribution in [0.2, 0.25) is 0 Å². The third-order valence-electron chi connectivity index (χ3n) is 3.91. The molecule has 0 aliphatic rings. The zero-order chi connectivity index (χ0) is 19.0. The second-order valence-electron chi connectivity index (χ2n) is 5.33. The molecular formula is C18H16O8. The molecule has 3 rings (SSSR count). The molecule has 0 unspecified atom stereocenters. The Labute approximate surface area is 147 Å². The average Bonchev–Trinajstić information content (AvgIpc) is 2.64. The number of methoxy groups -OCH3 is 3. The zero-order valence-electron chi connectivity index (χ0n) is 14.2. The van der Waals surface area contributed by atoms with Crippen LogP contribution < -0.4 is 19.6 Å². The van der Waals surface area contributed by atoms with Gasteiger partial charge in [0.1, 0.15) is 11.1 Å². The van der Waals surface area contributed by atoms with E-state index >= 15 is 0 Å². The maximum atomic E-state index is 12.6. The van der Waals surface area contributed by atoms with Gasteiger partial charge in [-0.2, -0.15) is 0 Å². The number of hydrogen-bond donors (Lipinski definition) is 3. The molecule has 3 aromatic rings. The Bertz CT molecular complexity index is 1050. The lowest BCUT2D eigenvalue weighted by atomic mass is 10.1. The fourth-order valence-corrected chi connectivity index (χ4v) is 2.65. The minimum absolute atomic E-state index is 0.0874. The summed E-state index contributed by atoms with van der Waals surface area (Å²) in [7, 11) is 4.08. The molecule has 0 saturated heterocycles. The van der Waals surface area contributed by atoms with Gasteiger partial charge in [-0.15, -0.1) is 0 Å². The summed E-state index contributed by atoms with van der Waals surface area (Å²) in [5, 5.41) is 29.9. The number of ether oxygens (including phenoxy) is 3. The molecule has 8 heteroatoms. The van der Waals surface area contributed by atoms with Gasteiger partial charge in [0, 0.05) is 11.6 Å². The molecule has 0 bridgehead atoms. The predicted octanol–water partition coefficient (Wildman–Crippen LogP) is 2.60. The largest absolute Gasteiger partial charge is 0.507 e. The average molecular weight is 360 g/mol. The van der Waals surface area contributed by atoms with Crippen LogP contribution in [0.15, 0.2) is 33.5 Å². The quantitative estimate of drug-likeness (QED) is 0.650. The number of phenolic OH excluding ortho intramolecular Hbond substituents is 2. The number of hydrogen-bond acceptors (Lipinski definition) is 8. The summed E-state index contributed by atoms with van der Waals surface area (Å²) in [5.41, 5.74) is -0.651. The molecule has 0 saturated carbocycles. The topological polar surface area (TPSA) is 119 Å². The summed E-state index contributed by atoms with van der Waals surface area (Å²) < 4.78 is 21.1. The van der Waals surface area contributed by atoms with Gasteiger partial charge in [-0.3, -0.25) is 4.79 Å². The molecule has 26 heavy (non-hydrogen) atoms. The molecule has 136 valence electrons. The molecule has 0 aliphatic carbocycles. The van der Waals surface area contributed by atoms with E-state index in [1.165, 1.54) is 45.6 Å². The highest BCUT2D eigenvalue weighted by Crippen LogP contribution is 2.43. The summed E-state index contributed by atoms with van der Waals surface area (Å²) in [6.45, 7) is 0. The molecule has 1 heterocycles. The van der Waals surface area contributed by atoms with E-state index in [2.05, 4.69) is 0 Å². The van der Waals surface area contributed by atoms with Crippen LogP contribution in [0.3, 0.4) is 0 Å². The second kappa shape index (κ2) is 6.40. The number of aromatic hydroxyl groups is 3. The van der Waals surface area contributed by atoms with Crippen LogP contribution in [-0.2, 0) is 0 Å². The van der Waals surface area contributed by atoms with E-state index in [0.717, 1.165) is 0 Å². The van der Waals surface area contributed by atoms with Crippen molar-refractivity contribution in [2.45, 2.75) is 0 Å². The van der Waals surface area contributed by atoms with Gasteiger partial charge >= 0.3 is 0 Å². The Morgan fingerprint density at radius 1 is 0.885 bits per heavy atom. The number of rotatable bonds is 4. The molecule has 8 nitrogen and oxygen atoms in total. The van der Waals surface area contributed by atoms with Crippen LogP contribution in [0, 0.1) is 0 Å². The molecule has 0 aliphatic heterocycles. The van der Waals surface area contributed by atoms with Crippen molar-refractivity contribution in [3.05, 3.63) is 34.5 Å². The summed E-state index contributed by atoms with van der Waals surface area (Å²) in [6.07, 6.45) is 0. The van der Waals surface area contributed by atoms with Crippen molar-refractivity contribution in [2.24, 2.45) is 0 Å². The monoisotopic (exact) mass is 360 g/mol. The van der Waals surface area contributed by atoms with Gasteiger partial charge in [-0.05, 0) is 18.2 Å². The highest BCUT2D eigenvalue weighted by atomic mass is 16.5. The van der Waals surface area contributed by atoms with E-state index in [0.29, 0.717) is 0 Å². The predicted molar refractivity (Wildman–Crippen MR) is 92.6 cm³/mol. The number of fused-ring (bicyclic) bond motifs is 1. The molecule has 3 N–H and O–H groups in total. The molecule has 0 atom stereocenters. The van der Waals surface area contributed by atoms with Gasteiger partial charge in [-0.1, -0.05) is 0 Å². The molecular weight excluding hydrogens is 344 g/mol. The van der Waals surface area contributed by atoms with Gasteiger partial charge in [0.2, 0.25) is 16.9 Å². The van der Waals surface area contributed by atoms with Crippen molar-refractivity contribution < 1.29 is 33.9 Å². The standard InChI is InChI=1S/C18H16O8/c1-23-11-6-8(4-5-9(11)19)16-15(22)14(21)13-10(20)7-12(24-2)17(25-3)18(13)26-16/h4-7,19-20,22H,1-3H3. The van der Waals surface area contributed by atoms with E-state index in [1.54, 1.807) is 0 Å². The smallest absolute Gasteiger partial charge is 0.238 e. The molecule has 0 amide bonds. The zero-order valence-corrected chi connectivity index (χ0v) is 14.2. The molecule has 0 spiro atoms. The minimum atomic E-state index is -0.841. The third-order valence-corrected chi connectivity index (χ3v) is 3.91. The summed E-state index contributed by atoms with van der Waals surface area (Å²) in [5.74, 6) is -1.04. The van der Waals surface area contributed by atoms with Crippen LogP contribution in [0.25, 0.3) is 22.3 Å². The molecule has 2 aromatic carbocycles. The van der Waals surface area contributed by atoms with Crippen LogP contribution in [0.1, 0.15) is 0 Å². The lowest BCUT2D eigenvalue weighted by Gasteiger charge is -2.13. The number of benzene rings is 2. The summed E-state index contributed by atoms with van der Waals surface area (Å²) >= 11 is 0. The van der Waals surface area contributed by atoms with E-state index < -0.39 is 16.9 Å². The van der Waals surface area contributed by atoms with Crippen LogP contribution in [-0.4, -0.2) is 36.6 Å². The minimum Gasteiger partial charge on any atom is -0.507 e. The lowest BCUT2D eigenvalue weighted by molar-refractivity contribution is 0.349. The molecule has 0 radical (unpaired) electrons. The lowest BCUT2D eigenvalue weighted by Crippen LogP contribution is -2.05. The Hall–Kier alpha value is -3.55. The second-order valence-corrected chi connectivity index (χ2v) is 5.33. The van der Waals surface area contributed by atoms with Crippen molar-refractivity contribution in [2.75, 3.05) is 21.3 Å². The van der Waals surface area contributed by atoms with Gasteiger partial charge in [0.25, 0.3) is 0 Å². The van der Waals surface area contributed by atoms with Crippen LogP contribution in [0.5, 0.6) is 34.5 Å². The van der Waals surface area contributed by atoms with Crippen molar-refractivity contribution in [3.63, 3.8) is 0 Å². The SMILES string of the molecule is COc1cc(-c2oc3c(OC)c(OC)cc(O)c3c(=O)c2O)ccc1O. The molecule has 1 aromatic heterocycles. The fraction of sp³-hybridized carbons (Fsp3) is 0.167. The van der Waals surface area contributed by atoms with Gasteiger partial charge in [0.15, 0.2) is 28.6 Å². The van der Waals surface area contributed by atoms with Gasteiger partial charge < -0.3 is 33.9 Å². The van der Waals surface area contributed by atoms with Crippen LogP contribution in [0.4, 0.5) is 0 Å². The Kier molecular flexibility index (Phi) is 4.25. The van der Waals surface area contributed by atoms with Gasteiger partial charge in [-0.25, -0.2) is 0 Å². The Morgan fingerprint density at radius 3 is 2.19 bits per heavy atom. The first kappa shape index (κ1) is 17.3. The third kappa shape index (κ3) is 2.52. The van der Waals surface area contributed by atoms with Crippen molar-refractivity contribution in [3.8, 4) is 45.8 Å². The van der Waals surface area contributed by atoms with Crippen molar-refractivity contribution >= 4 is 11.0 Å². The van der Waals surface area contributed by atoms with Crippen LogP contribution >= 0.6 is 0 Å². The van der Waals surface area contributed by atoms with E-state index in [1.807, 2.05) is 0 Å². The maximum Gasteiger partial charge on any atom is 0.238 e. The highest BCUT2D eigenvalue weighted by Gasteiger charge is 2.24. The number of phenols is 2. The summed E-state index contributed by atoms with van der Waals surface area (Å²) in [6, 6.07) is 5.36. The normalized spacial score (nSPS) is 10.7. The van der Waals surface area contributed by atoms with Crippen molar-refractivity contribution in [1.29, 1.82) is 0 Å². The first-order valence-corrected chi connectivity index (χ1v) is 7.44. The van der Waals surface area contributed by atoms with E-state index in [-0.39, 0.29) is 45.3 Å². The molecule has 0 fully saturated rings. The Balaban J connectivity index is 2.41. The Morgan fingerprint density at radius 2 is 1.58 bits per heavy atom. The van der Waals surface area contributed by atoms with Gasteiger partial charge in [0.05, 0.1) is 21.3 Å². The fourth-order valence-electron chi connectivity index (χ4n) is 2.65. The maximum absolute atomic E-state index is 12.6.